The molecular formula is C47H68N4O. The van der Waals surface area contributed by atoms with E-state index in [2.05, 4.69) is 105 Å². The number of nitrogens with one attached hydrogen (secondary N) is 1. The Balaban J connectivity index is 0.984. The number of likely N-dealkylation sites (tertiary alicyclic amines) is 3. The molecule has 1 aliphatic carbocycles. The van der Waals surface area contributed by atoms with Crippen molar-refractivity contribution in [3.63, 3.8) is 0 Å². The Morgan fingerprint density at radius 1 is 0.904 bits per heavy atom. The minimum atomic E-state index is -0.0181. The second-order valence-corrected chi connectivity index (χ2v) is 17.1. The first-order valence-electron chi connectivity index (χ1n) is 20.7. The fourth-order valence-corrected chi connectivity index (χ4v) is 9.98. The van der Waals surface area contributed by atoms with Crippen molar-refractivity contribution in [1.82, 2.24) is 20.0 Å². The molecular weight excluding hydrogens is 637 g/mol. The number of carbonyl (C=O) groups is 1. The first-order chi connectivity index (χ1) is 25.0. The topological polar surface area (TPSA) is 38.8 Å². The first-order valence-corrected chi connectivity index (χ1v) is 20.7. The van der Waals surface area contributed by atoms with Crippen LogP contribution >= 0.6 is 0 Å². The molecule has 2 aromatic rings. The number of piperidine rings is 2. The Labute approximate surface area is 316 Å². The number of amides is 1. The molecule has 52 heavy (non-hydrogen) atoms. The van der Waals surface area contributed by atoms with Crippen molar-refractivity contribution in [3.8, 4) is 0 Å². The maximum absolute atomic E-state index is 13.0. The molecule has 1 amide bonds. The zero-order chi connectivity index (χ0) is 37.0. The average molecular weight is 705 g/mol. The maximum atomic E-state index is 13.0. The van der Waals surface area contributed by atoms with E-state index in [-0.39, 0.29) is 5.91 Å². The second kappa shape index (κ2) is 16.9. The third-order valence-corrected chi connectivity index (χ3v) is 13.5. The minimum Gasteiger partial charge on any atom is -0.375 e. The molecule has 1 saturated carbocycles. The summed E-state index contributed by atoms with van der Waals surface area (Å²) in [6, 6.07) is 11.8. The summed E-state index contributed by atoms with van der Waals surface area (Å²) in [5, 5.41) is 2.87. The van der Waals surface area contributed by atoms with Crippen molar-refractivity contribution < 1.29 is 4.79 Å². The first kappa shape index (κ1) is 38.6. The minimum absolute atomic E-state index is 0.0181. The predicted octanol–water partition coefficient (Wildman–Crippen LogP) is 9.20. The van der Waals surface area contributed by atoms with Gasteiger partial charge in [-0.1, -0.05) is 50.8 Å². The van der Waals surface area contributed by atoms with Crippen LogP contribution in [-0.4, -0.2) is 73.5 Å². The van der Waals surface area contributed by atoms with E-state index in [1.165, 1.54) is 118 Å². The standard InChI is InChI=1S/C47H68N4O/c1-9-41-13-12-39(24-33(41)3)28-40-29-47(30-40)16-22-50(23-17-47)31-38-14-20-49(21-15-38)32-45-34(4)25-42(26-35(45)5)37(7)44(43(10-2)46(52)48-8)27-36(6)51-18-11-19-51/h12-13,24-27,38,40H,7,9-11,14-23,28-32H2,1-6,8H3,(H,48,52)/b36-27+,44-43-. The van der Waals surface area contributed by atoms with Gasteiger partial charge in [0.25, 0.3) is 0 Å². The molecule has 3 saturated heterocycles. The van der Waals surface area contributed by atoms with Gasteiger partial charge in [-0.3, -0.25) is 9.69 Å². The van der Waals surface area contributed by atoms with E-state index in [1.807, 2.05) is 0 Å². The highest BCUT2D eigenvalue weighted by Crippen LogP contribution is 2.53. The van der Waals surface area contributed by atoms with E-state index in [4.69, 9.17) is 0 Å². The number of likely N-dealkylation sites (N-methyl/N-ethyl adjacent to an activating group) is 1. The molecule has 0 atom stereocenters. The molecule has 0 aromatic heterocycles. The predicted molar refractivity (Wildman–Crippen MR) is 219 cm³/mol. The third kappa shape index (κ3) is 8.79. The lowest BCUT2D eigenvalue weighted by molar-refractivity contribution is -0.117. The summed E-state index contributed by atoms with van der Waals surface area (Å²) >= 11 is 0. The van der Waals surface area contributed by atoms with E-state index in [1.54, 1.807) is 12.6 Å². The molecule has 4 fully saturated rings. The Morgan fingerprint density at radius 3 is 2.13 bits per heavy atom. The number of hydrogen-bond acceptors (Lipinski definition) is 4. The molecule has 3 aliphatic heterocycles. The van der Waals surface area contributed by atoms with Crippen LogP contribution in [0.3, 0.4) is 0 Å². The highest BCUT2D eigenvalue weighted by molar-refractivity contribution is 5.99. The summed E-state index contributed by atoms with van der Waals surface area (Å²) < 4.78 is 0. The highest BCUT2D eigenvalue weighted by atomic mass is 16.1. The van der Waals surface area contributed by atoms with Gasteiger partial charge in [-0.25, -0.2) is 0 Å². The number of allylic oxidation sites excluding steroid dienone is 4. The van der Waals surface area contributed by atoms with Crippen molar-refractivity contribution >= 4 is 11.5 Å². The molecule has 0 radical (unpaired) electrons. The molecule has 3 heterocycles. The van der Waals surface area contributed by atoms with Gasteiger partial charge in [0.2, 0.25) is 5.91 Å². The van der Waals surface area contributed by atoms with Gasteiger partial charge in [-0.05, 0) is 191 Å². The zero-order valence-corrected chi connectivity index (χ0v) is 33.8. The number of rotatable bonds is 13. The van der Waals surface area contributed by atoms with Gasteiger partial charge in [0, 0.05) is 44.5 Å². The molecule has 2 aromatic carbocycles. The van der Waals surface area contributed by atoms with E-state index >= 15 is 0 Å². The smallest absolute Gasteiger partial charge is 0.247 e. The monoisotopic (exact) mass is 705 g/mol. The number of hydrogen-bond donors (Lipinski definition) is 1. The van der Waals surface area contributed by atoms with Crippen LogP contribution in [0.1, 0.15) is 111 Å². The fourth-order valence-electron chi connectivity index (χ4n) is 9.98. The highest BCUT2D eigenvalue weighted by Gasteiger charge is 2.45. The lowest BCUT2D eigenvalue weighted by Gasteiger charge is -2.53. The van der Waals surface area contributed by atoms with Crippen LogP contribution in [0.5, 0.6) is 0 Å². The summed E-state index contributed by atoms with van der Waals surface area (Å²) in [5.41, 5.74) is 14.3. The van der Waals surface area contributed by atoms with Gasteiger partial charge in [-0.15, -0.1) is 0 Å². The lowest BCUT2D eigenvalue weighted by atomic mass is 9.56. The number of benzene rings is 2. The molecule has 0 bridgehead atoms. The van der Waals surface area contributed by atoms with E-state index in [0.717, 1.165) is 60.2 Å². The third-order valence-electron chi connectivity index (χ3n) is 13.5. The van der Waals surface area contributed by atoms with Gasteiger partial charge >= 0.3 is 0 Å². The Bertz CT molecular complexity index is 1630. The Hall–Kier alpha value is -3.15. The largest absolute Gasteiger partial charge is 0.375 e. The zero-order valence-electron chi connectivity index (χ0n) is 33.8. The summed E-state index contributed by atoms with van der Waals surface area (Å²) in [5.74, 6) is 1.70. The van der Waals surface area contributed by atoms with Crippen molar-refractivity contribution in [2.24, 2.45) is 17.3 Å². The van der Waals surface area contributed by atoms with Gasteiger partial charge in [0.15, 0.2) is 0 Å². The van der Waals surface area contributed by atoms with Gasteiger partial charge in [-0.2, -0.15) is 0 Å². The van der Waals surface area contributed by atoms with Crippen molar-refractivity contribution in [2.75, 3.05) is 52.9 Å². The van der Waals surface area contributed by atoms with Gasteiger partial charge in [0.05, 0.1) is 0 Å². The normalized spacial score (nSPS) is 20.8. The number of nitrogens with zero attached hydrogens (tertiary/aromatic N) is 3. The fraction of sp³-hybridized carbons (Fsp3) is 0.596. The van der Waals surface area contributed by atoms with Crippen LogP contribution in [0.2, 0.25) is 0 Å². The molecule has 4 aliphatic rings. The molecule has 1 N–H and O–H groups in total. The van der Waals surface area contributed by atoms with Crippen molar-refractivity contribution in [2.45, 2.75) is 112 Å². The van der Waals surface area contributed by atoms with Crippen molar-refractivity contribution in [3.05, 3.63) is 98.8 Å². The van der Waals surface area contributed by atoms with Crippen LogP contribution in [0, 0.1) is 38.0 Å². The molecule has 5 nitrogen and oxygen atoms in total. The maximum Gasteiger partial charge on any atom is 0.247 e. The molecule has 6 rings (SSSR count). The average Bonchev–Trinajstić information content (AvgIpc) is 3.09. The number of aryl methyl sites for hydroxylation is 4. The summed E-state index contributed by atoms with van der Waals surface area (Å²) in [7, 11) is 1.72. The summed E-state index contributed by atoms with van der Waals surface area (Å²) in [6.07, 6.45) is 14.8. The molecule has 0 unspecified atom stereocenters. The second-order valence-electron chi connectivity index (χ2n) is 17.1. The van der Waals surface area contributed by atoms with E-state index < -0.39 is 0 Å². The Morgan fingerprint density at radius 2 is 1.58 bits per heavy atom. The Kier molecular flexibility index (Phi) is 12.5. The van der Waals surface area contributed by atoms with E-state index in [0.29, 0.717) is 11.8 Å². The molecule has 5 heteroatoms. The molecule has 282 valence electrons. The molecule has 1 spiro atoms. The summed E-state index contributed by atoms with van der Waals surface area (Å²) in [6.45, 7) is 27.3. The van der Waals surface area contributed by atoms with Crippen LogP contribution in [0.15, 0.2) is 59.8 Å². The quantitative estimate of drug-likeness (QED) is 0.167. The van der Waals surface area contributed by atoms with E-state index in [9.17, 15) is 4.79 Å². The van der Waals surface area contributed by atoms with Gasteiger partial charge < -0.3 is 15.1 Å². The van der Waals surface area contributed by atoms with Crippen LogP contribution in [0.25, 0.3) is 5.57 Å². The number of carbonyl (C=O) groups excluding carboxylic acids is 1. The van der Waals surface area contributed by atoms with Crippen molar-refractivity contribution in [1.29, 1.82) is 0 Å². The van der Waals surface area contributed by atoms with Crippen LogP contribution in [-0.2, 0) is 24.2 Å². The van der Waals surface area contributed by atoms with Crippen LogP contribution in [0.4, 0.5) is 0 Å². The SMILES string of the molecule is C=C(C(/C=C(\C)N1CCC1)=C(/CC)C(=O)NC)c1cc(C)c(CN2CCC(CN3CCC4(CC3)CC(Cc3ccc(CC)c(C)c3)C4)CC2)c(C)c1. The van der Waals surface area contributed by atoms with Crippen LogP contribution < -0.4 is 5.32 Å². The van der Waals surface area contributed by atoms with Gasteiger partial charge in [0.1, 0.15) is 0 Å². The summed E-state index contributed by atoms with van der Waals surface area (Å²) in [4.78, 5) is 20.8. The lowest BCUT2D eigenvalue weighted by Crippen LogP contribution is -2.49.